The van der Waals surface area contributed by atoms with E-state index in [4.69, 9.17) is 0 Å². The summed E-state index contributed by atoms with van der Waals surface area (Å²) >= 11 is 0. The number of anilines is 2. The number of hydrogen-bond donors (Lipinski definition) is 2. The van der Waals surface area contributed by atoms with Crippen LogP contribution in [-0.2, 0) is 14.4 Å². The molecule has 180 valence electrons. The highest BCUT2D eigenvalue weighted by Crippen LogP contribution is 2.18. The molecule has 9 nitrogen and oxygen atoms in total. The van der Waals surface area contributed by atoms with Crippen molar-refractivity contribution in [3.63, 3.8) is 0 Å². The van der Waals surface area contributed by atoms with Crippen molar-refractivity contribution < 1.29 is 14.4 Å². The SMILES string of the molecule is Cc1ccc(NC(=O)C[C@@H]2C(=O)NCCN2C(=O)CN2CCN(c3ccccn3)CC2)c(C)c1. The normalized spacial score (nSPS) is 19.0. The lowest BCUT2D eigenvalue weighted by Crippen LogP contribution is -2.60. The molecule has 1 aromatic heterocycles. The van der Waals surface area contributed by atoms with Gasteiger partial charge in [-0.2, -0.15) is 0 Å². The summed E-state index contributed by atoms with van der Waals surface area (Å²) in [7, 11) is 0. The molecule has 1 atom stereocenters. The molecule has 3 amide bonds. The molecule has 34 heavy (non-hydrogen) atoms. The van der Waals surface area contributed by atoms with Gasteiger partial charge in [0.25, 0.3) is 0 Å². The van der Waals surface area contributed by atoms with Gasteiger partial charge in [0.05, 0.1) is 13.0 Å². The molecule has 2 aliphatic heterocycles. The zero-order valence-corrected chi connectivity index (χ0v) is 19.8. The summed E-state index contributed by atoms with van der Waals surface area (Å²) in [6, 6.07) is 10.8. The van der Waals surface area contributed by atoms with Gasteiger partial charge < -0.3 is 20.4 Å². The maximum absolute atomic E-state index is 13.2. The highest BCUT2D eigenvalue weighted by Gasteiger charge is 2.35. The number of carbonyl (C=O) groups is 3. The van der Waals surface area contributed by atoms with Crippen LogP contribution in [-0.4, -0.2) is 84.4 Å². The summed E-state index contributed by atoms with van der Waals surface area (Å²) in [5.74, 6) is 0.257. The van der Waals surface area contributed by atoms with E-state index < -0.39 is 6.04 Å². The number of amides is 3. The topological polar surface area (TPSA) is 97.9 Å². The minimum atomic E-state index is -0.804. The third-order valence-electron chi connectivity index (χ3n) is 6.39. The molecule has 0 aliphatic carbocycles. The molecule has 4 rings (SSSR count). The molecule has 9 heteroatoms. The average Bonchev–Trinajstić information content (AvgIpc) is 2.83. The van der Waals surface area contributed by atoms with E-state index in [1.807, 2.05) is 50.2 Å². The predicted octanol–water partition coefficient (Wildman–Crippen LogP) is 1.18. The van der Waals surface area contributed by atoms with Crippen molar-refractivity contribution >= 4 is 29.2 Å². The summed E-state index contributed by atoms with van der Waals surface area (Å²) in [6.07, 6.45) is 1.71. The Balaban J connectivity index is 1.33. The van der Waals surface area contributed by atoms with Crippen molar-refractivity contribution in [3.8, 4) is 0 Å². The Morgan fingerprint density at radius 3 is 2.59 bits per heavy atom. The number of aromatic nitrogens is 1. The van der Waals surface area contributed by atoms with Crippen LogP contribution in [0.2, 0.25) is 0 Å². The van der Waals surface area contributed by atoms with Gasteiger partial charge in [0.2, 0.25) is 17.7 Å². The minimum absolute atomic E-state index is 0.0711. The lowest BCUT2D eigenvalue weighted by atomic mass is 10.1. The van der Waals surface area contributed by atoms with E-state index in [2.05, 4.69) is 25.4 Å². The summed E-state index contributed by atoms with van der Waals surface area (Å²) in [4.78, 5) is 48.7. The van der Waals surface area contributed by atoms with Crippen molar-refractivity contribution in [1.29, 1.82) is 0 Å². The second kappa shape index (κ2) is 10.6. The number of nitrogens with one attached hydrogen (secondary N) is 2. The minimum Gasteiger partial charge on any atom is -0.354 e. The number of hydrogen-bond acceptors (Lipinski definition) is 6. The Bertz CT molecular complexity index is 1040. The Morgan fingerprint density at radius 2 is 1.88 bits per heavy atom. The molecule has 0 radical (unpaired) electrons. The molecule has 2 saturated heterocycles. The molecule has 0 spiro atoms. The fourth-order valence-electron chi connectivity index (χ4n) is 4.50. The Labute approximate surface area is 200 Å². The van der Waals surface area contributed by atoms with E-state index >= 15 is 0 Å². The van der Waals surface area contributed by atoms with Crippen LogP contribution in [0.1, 0.15) is 17.5 Å². The van der Waals surface area contributed by atoms with Gasteiger partial charge in [-0.15, -0.1) is 0 Å². The smallest absolute Gasteiger partial charge is 0.243 e. The Kier molecular flexibility index (Phi) is 7.42. The second-order valence-electron chi connectivity index (χ2n) is 8.92. The van der Waals surface area contributed by atoms with Crippen LogP contribution in [0, 0.1) is 13.8 Å². The molecule has 2 fully saturated rings. The third-order valence-corrected chi connectivity index (χ3v) is 6.39. The third kappa shape index (κ3) is 5.72. The maximum atomic E-state index is 13.2. The standard InChI is InChI=1S/C25H32N6O3/c1-18-6-7-20(19(2)15-18)28-23(32)16-21-25(34)27-9-10-31(21)24(33)17-29-11-13-30(14-12-29)22-5-3-4-8-26-22/h3-8,15,21H,9-14,16-17H2,1-2H3,(H,27,34)(H,28,32)/t21-/m1/s1. The van der Waals surface area contributed by atoms with Crippen molar-refractivity contribution in [2.75, 3.05) is 56.0 Å². The molecule has 0 saturated carbocycles. The molecule has 2 N–H and O–H groups in total. The molecular formula is C25H32N6O3. The molecule has 0 bridgehead atoms. The monoisotopic (exact) mass is 464 g/mol. The first kappa shape index (κ1) is 23.7. The Morgan fingerprint density at radius 1 is 1.09 bits per heavy atom. The maximum Gasteiger partial charge on any atom is 0.243 e. The summed E-state index contributed by atoms with van der Waals surface area (Å²) < 4.78 is 0. The summed E-state index contributed by atoms with van der Waals surface area (Å²) in [5.41, 5.74) is 2.79. The average molecular weight is 465 g/mol. The fourth-order valence-corrected chi connectivity index (χ4v) is 4.50. The number of pyridine rings is 1. The van der Waals surface area contributed by atoms with Crippen molar-refractivity contribution in [1.82, 2.24) is 20.1 Å². The number of nitrogens with zero attached hydrogens (tertiary/aromatic N) is 4. The number of piperazine rings is 2. The van der Waals surface area contributed by atoms with E-state index in [0.717, 1.165) is 48.8 Å². The number of benzene rings is 1. The zero-order valence-electron chi connectivity index (χ0n) is 19.8. The molecule has 2 aromatic rings. The van der Waals surface area contributed by atoms with Crippen LogP contribution >= 0.6 is 0 Å². The molecular weight excluding hydrogens is 432 g/mol. The van der Waals surface area contributed by atoms with Gasteiger partial charge in [-0.1, -0.05) is 23.8 Å². The predicted molar refractivity (Wildman–Crippen MR) is 131 cm³/mol. The first-order valence-corrected chi connectivity index (χ1v) is 11.7. The van der Waals surface area contributed by atoms with Gasteiger partial charge in [0, 0.05) is 51.2 Å². The van der Waals surface area contributed by atoms with E-state index in [1.165, 1.54) is 0 Å². The quantitative estimate of drug-likeness (QED) is 0.666. The zero-order chi connectivity index (χ0) is 24.1. The largest absolute Gasteiger partial charge is 0.354 e. The van der Waals surface area contributed by atoms with E-state index in [-0.39, 0.29) is 30.7 Å². The second-order valence-corrected chi connectivity index (χ2v) is 8.92. The summed E-state index contributed by atoms with van der Waals surface area (Å²) in [6.45, 7) is 8.00. The van der Waals surface area contributed by atoms with Crippen LogP contribution < -0.4 is 15.5 Å². The van der Waals surface area contributed by atoms with Crippen LogP contribution in [0.25, 0.3) is 0 Å². The van der Waals surface area contributed by atoms with Gasteiger partial charge in [-0.3, -0.25) is 19.3 Å². The highest BCUT2D eigenvalue weighted by atomic mass is 16.2. The molecule has 1 aromatic carbocycles. The van der Waals surface area contributed by atoms with Gasteiger partial charge in [0.1, 0.15) is 11.9 Å². The lowest BCUT2D eigenvalue weighted by molar-refractivity contribution is -0.145. The molecule has 3 heterocycles. The number of carbonyl (C=O) groups excluding carboxylic acids is 3. The molecule has 2 aliphatic rings. The van der Waals surface area contributed by atoms with Crippen LogP contribution in [0.15, 0.2) is 42.6 Å². The van der Waals surface area contributed by atoms with Gasteiger partial charge in [-0.25, -0.2) is 4.98 Å². The van der Waals surface area contributed by atoms with Crippen LogP contribution in [0.3, 0.4) is 0 Å². The first-order chi connectivity index (χ1) is 16.4. The lowest BCUT2D eigenvalue weighted by Gasteiger charge is -2.38. The van der Waals surface area contributed by atoms with Gasteiger partial charge in [-0.05, 0) is 37.6 Å². The van der Waals surface area contributed by atoms with Crippen LogP contribution in [0.5, 0.6) is 0 Å². The number of rotatable bonds is 6. The van der Waals surface area contributed by atoms with Crippen molar-refractivity contribution in [3.05, 3.63) is 53.7 Å². The number of aryl methyl sites for hydroxylation is 2. The van der Waals surface area contributed by atoms with E-state index in [0.29, 0.717) is 13.1 Å². The highest BCUT2D eigenvalue weighted by molar-refractivity contribution is 5.98. The van der Waals surface area contributed by atoms with E-state index in [1.54, 1.807) is 11.1 Å². The van der Waals surface area contributed by atoms with E-state index in [9.17, 15) is 14.4 Å². The fraction of sp³-hybridized carbons (Fsp3) is 0.440. The van der Waals surface area contributed by atoms with Crippen LogP contribution in [0.4, 0.5) is 11.5 Å². The van der Waals surface area contributed by atoms with Gasteiger partial charge in [0.15, 0.2) is 0 Å². The van der Waals surface area contributed by atoms with Gasteiger partial charge >= 0.3 is 0 Å². The summed E-state index contributed by atoms with van der Waals surface area (Å²) in [5, 5.41) is 5.68. The van der Waals surface area contributed by atoms with Crippen molar-refractivity contribution in [2.24, 2.45) is 0 Å². The Hall–Kier alpha value is -3.46. The van der Waals surface area contributed by atoms with Crippen molar-refractivity contribution in [2.45, 2.75) is 26.3 Å². The molecule has 0 unspecified atom stereocenters. The first-order valence-electron chi connectivity index (χ1n) is 11.7.